The molecule has 1 aromatic heterocycles. The average Bonchev–Trinajstić information content (AvgIpc) is 2.73. The molecule has 0 bridgehead atoms. The van der Waals surface area contributed by atoms with E-state index < -0.39 is 6.10 Å². The minimum atomic E-state index is -0.635. The Balaban J connectivity index is 1.62. The zero-order valence-electron chi connectivity index (χ0n) is 17.9. The molecule has 5 heteroatoms. The second-order valence-corrected chi connectivity index (χ2v) is 7.62. The molecule has 0 aliphatic carbocycles. The third kappa shape index (κ3) is 5.83. The normalized spacial score (nSPS) is 11.8. The second-order valence-electron chi connectivity index (χ2n) is 7.62. The van der Waals surface area contributed by atoms with Crippen molar-refractivity contribution < 1.29 is 14.3 Å². The van der Waals surface area contributed by atoms with Crippen LogP contribution in [0.2, 0.25) is 0 Å². The lowest BCUT2D eigenvalue weighted by atomic mass is 10.0. The molecule has 3 rings (SSSR count). The van der Waals surface area contributed by atoms with E-state index in [1.165, 1.54) is 0 Å². The van der Waals surface area contributed by atoms with Crippen LogP contribution in [0.1, 0.15) is 43.4 Å². The molecule has 30 heavy (non-hydrogen) atoms. The van der Waals surface area contributed by atoms with Gasteiger partial charge in [0.1, 0.15) is 18.1 Å². The lowest BCUT2D eigenvalue weighted by Gasteiger charge is -2.19. The zero-order valence-corrected chi connectivity index (χ0v) is 17.9. The van der Waals surface area contributed by atoms with E-state index in [9.17, 15) is 4.79 Å². The number of carbonyl (C=O) groups is 1. The van der Waals surface area contributed by atoms with Crippen molar-refractivity contribution in [2.75, 3.05) is 5.32 Å². The first-order valence-corrected chi connectivity index (χ1v) is 10.1. The Bertz CT molecular complexity index is 987. The monoisotopic (exact) mass is 404 g/mol. The SMILES string of the molecule is Cc1ccc(C(C)C)c(OC(C)C(=O)Nc2cccc(OCc3cccnc3)c2)c1. The summed E-state index contributed by atoms with van der Waals surface area (Å²) in [6, 6.07) is 17.2. The molecule has 1 unspecified atom stereocenters. The Morgan fingerprint density at radius 3 is 2.63 bits per heavy atom. The van der Waals surface area contributed by atoms with Crippen molar-refractivity contribution in [3.05, 3.63) is 83.7 Å². The van der Waals surface area contributed by atoms with E-state index in [2.05, 4.69) is 36.3 Å². The van der Waals surface area contributed by atoms with Crippen LogP contribution in [0.4, 0.5) is 5.69 Å². The van der Waals surface area contributed by atoms with Gasteiger partial charge < -0.3 is 14.8 Å². The maximum Gasteiger partial charge on any atom is 0.265 e. The maximum absolute atomic E-state index is 12.7. The topological polar surface area (TPSA) is 60.5 Å². The Hall–Kier alpha value is -3.34. The number of rotatable bonds is 8. The van der Waals surface area contributed by atoms with Gasteiger partial charge in [0, 0.05) is 29.7 Å². The van der Waals surface area contributed by atoms with Gasteiger partial charge in [-0.1, -0.05) is 38.1 Å². The molecule has 1 N–H and O–H groups in total. The van der Waals surface area contributed by atoms with Gasteiger partial charge in [-0.3, -0.25) is 9.78 Å². The van der Waals surface area contributed by atoms with Crippen LogP contribution in [0.3, 0.4) is 0 Å². The van der Waals surface area contributed by atoms with E-state index in [4.69, 9.17) is 9.47 Å². The minimum absolute atomic E-state index is 0.212. The lowest BCUT2D eigenvalue weighted by molar-refractivity contribution is -0.122. The van der Waals surface area contributed by atoms with Crippen LogP contribution in [0.25, 0.3) is 0 Å². The molecule has 156 valence electrons. The summed E-state index contributed by atoms with van der Waals surface area (Å²) in [5.74, 6) is 1.52. The lowest BCUT2D eigenvalue weighted by Crippen LogP contribution is -2.30. The van der Waals surface area contributed by atoms with Gasteiger partial charge in [0.2, 0.25) is 0 Å². The van der Waals surface area contributed by atoms with Gasteiger partial charge in [-0.15, -0.1) is 0 Å². The molecule has 0 radical (unpaired) electrons. The summed E-state index contributed by atoms with van der Waals surface area (Å²) >= 11 is 0. The van der Waals surface area contributed by atoms with Crippen molar-refractivity contribution in [1.29, 1.82) is 0 Å². The molecule has 1 atom stereocenters. The Labute approximate surface area is 178 Å². The molecule has 0 aliphatic rings. The smallest absolute Gasteiger partial charge is 0.265 e. The Kier molecular flexibility index (Phi) is 7.07. The highest BCUT2D eigenvalue weighted by atomic mass is 16.5. The molecule has 0 spiro atoms. The summed E-state index contributed by atoms with van der Waals surface area (Å²) < 4.78 is 11.8. The fraction of sp³-hybridized carbons (Fsp3) is 0.280. The number of hydrogen-bond acceptors (Lipinski definition) is 4. The van der Waals surface area contributed by atoms with Crippen molar-refractivity contribution in [1.82, 2.24) is 4.98 Å². The van der Waals surface area contributed by atoms with Crippen molar-refractivity contribution >= 4 is 11.6 Å². The van der Waals surface area contributed by atoms with Gasteiger partial charge in [0.15, 0.2) is 6.10 Å². The largest absolute Gasteiger partial charge is 0.489 e. The van der Waals surface area contributed by atoms with Crippen LogP contribution < -0.4 is 14.8 Å². The van der Waals surface area contributed by atoms with E-state index in [0.717, 1.165) is 22.4 Å². The summed E-state index contributed by atoms with van der Waals surface area (Å²) in [7, 11) is 0. The quantitative estimate of drug-likeness (QED) is 0.539. The molecular formula is C25H28N2O3. The Morgan fingerprint density at radius 2 is 1.90 bits per heavy atom. The van der Waals surface area contributed by atoms with Gasteiger partial charge >= 0.3 is 0 Å². The first-order chi connectivity index (χ1) is 14.4. The predicted molar refractivity (Wildman–Crippen MR) is 119 cm³/mol. The number of amides is 1. The Morgan fingerprint density at radius 1 is 1.07 bits per heavy atom. The van der Waals surface area contributed by atoms with E-state index >= 15 is 0 Å². The zero-order chi connectivity index (χ0) is 21.5. The average molecular weight is 405 g/mol. The summed E-state index contributed by atoms with van der Waals surface area (Å²) in [6.07, 6.45) is 2.86. The predicted octanol–water partition coefficient (Wildman–Crippen LogP) is 5.50. The van der Waals surface area contributed by atoms with Crippen LogP contribution in [-0.2, 0) is 11.4 Å². The molecule has 5 nitrogen and oxygen atoms in total. The number of anilines is 1. The molecule has 1 amide bonds. The first-order valence-electron chi connectivity index (χ1n) is 10.1. The van der Waals surface area contributed by atoms with Crippen molar-refractivity contribution in [2.24, 2.45) is 0 Å². The maximum atomic E-state index is 12.7. The van der Waals surface area contributed by atoms with Crippen molar-refractivity contribution in [3.63, 3.8) is 0 Å². The fourth-order valence-electron chi connectivity index (χ4n) is 3.02. The van der Waals surface area contributed by atoms with Gasteiger partial charge in [-0.25, -0.2) is 0 Å². The van der Waals surface area contributed by atoms with Gasteiger partial charge in [0.05, 0.1) is 0 Å². The van der Waals surface area contributed by atoms with E-state index in [1.54, 1.807) is 25.4 Å². The third-order valence-electron chi connectivity index (χ3n) is 4.69. The molecule has 0 aliphatic heterocycles. The minimum Gasteiger partial charge on any atom is -0.489 e. The third-order valence-corrected chi connectivity index (χ3v) is 4.69. The number of aromatic nitrogens is 1. The second kappa shape index (κ2) is 9.92. The summed E-state index contributed by atoms with van der Waals surface area (Å²) in [5.41, 5.74) is 3.83. The summed E-state index contributed by atoms with van der Waals surface area (Å²) in [4.78, 5) is 16.8. The van der Waals surface area contributed by atoms with Gasteiger partial charge in [-0.2, -0.15) is 0 Å². The molecule has 2 aromatic carbocycles. The molecular weight excluding hydrogens is 376 g/mol. The number of aryl methyl sites for hydroxylation is 1. The van der Waals surface area contributed by atoms with Crippen molar-refractivity contribution in [2.45, 2.75) is 46.3 Å². The van der Waals surface area contributed by atoms with Crippen LogP contribution in [0.5, 0.6) is 11.5 Å². The molecule has 3 aromatic rings. The molecule has 0 fully saturated rings. The molecule has 0 saturated carbocycles. The highest BCUT2D eigenvalue weighted by molar-refractivity contribution is 5.94. The number of nitrogens with zero attached hydrogens (tertiary/aromatic N) is 1. The number of nitrogens with one attached hydrogen (secondary N) is 1. The number of hydrogen-bond donors (Lipinski definition) is 1. The highest BCUT2D eigenvalue weighted by Crippen LogP contribution is 2.28. The van der Waals surface area contributed by atoms with Crippen LogP contribution in [0, 0.1) is 6.92 Å². The highest BCUT2D eigenvalue weighted by Gasteiger charge is 2.18. The molecule has 0 saturated heterocycles. The van der Waals surface area contributed by atoms with E-state index in [-0.39, 0.29) is 5.91 Å². The van der Waals surface area contributed by atoms with Crippen molar-refractivity contribution in [3.8, 4) is 11.5 Å². The first kappa shape index (κ1) is 21.4. The summed E-state index contributed by atoms with van der Waals surface area (Å²) in [6.45, 7) is 8.40. The van der Waals surface area contributed by atoms with Crippen LogP contribution >= 0.6 is 0 Å². The number of ether oxygens (including phenoxy) is 2. The summed E-state index contributed by atoms with van der Waals surface area (Å²) in [5, 5.41) is 2.91. The fourth-order valence-corrected chi connectivity index (χ4v) is 3.02. The number of carbonyl (C=O) groups excluding carboxylic acids is 1. The van der Waals surface area contributed by atoms with Gasteiger partial charge in [0.25, 0.3) is 5.91 Å². The van der Waals surface area contributed by atoms with Crippen LogP contribution in [-0.4, -0.2) is 17.0 Å². The number of pyridine rings is 1. The standard InChI is InChI=1S/C25H28N2O3/c1-17(2)23-11-10-18(3)13-24(23)30-19(4)25(28)27-21-8-5-9-22(14-21)29-16-20-7-6-12-26-15-20/h5-15,17,19H,16H2,1-4H3,(H,27,28). The molecule has 1 heterocycles. The number of benzene rings is 2. The van der Waals surface area contributed by atoms with Gasteiger partial charge in [-0.05, 0) is 55.2 Å². The van der Waals surface area contributed by atoms with E-state index in [0.29, 0.717) is 24.0 Å². The van der Waals surface area contributed by atoms with E-state index in [1.807, 2.05) is 43.3 Å². The van der Waals surface area contributed by atoms with Crippen LogP contribution in [0.15, 0.2) is 67.0 Å².